The summed E-state index contributed by atoms with van der Waals surface area (Å²) in [5, 5.41) is 17.9. The van der Waals surface area contributed by atoms with Crippen LogP contribution in [0.2, 0.25) is 0 Å². The Kier molecular flexibility index (Phi) is 5.76. The van der Waals surface area contributed by atoms with Gasteiger partial charge in [-0.3, -0.25) is 9.78 Å². The quantitative estimate of drug-likeness (QED) is 0.796. The van der Waals surface area contributed by atoms with E-state index in [9.17, 15) is 9.59 Å². The molecule has 0 saturated carbocycles. The molecule has 0 bridgehead atoms. The number of aromatic nitrogens is 1. The highest BCUT2D eigenvalue weighted by molar-refractivity contribution is 6.06. The number of fused-ring (bicyclic) bond motifs is 1. The van der Waals surface area contributed by atoms with Crippen LogP contribution in [0.15, 0.2) is 47.8 Å². The van der Waals surface area contributed by atoms with Crippen LogP contribution in [0.25, 0.3) is 0 Å². The lowest BCUT2D eigenvalue weighted by Crippen LogP contribution is -2.37. The fourth-order valence-electron chi connectivity index (χ4n) is 3.78. The SMILES string of the molecule is CC1CC(=O)N(CCCO)N=C1c1ccc(NC(=O)N2Cc3ccncc3C2)cc1. The number of carbonyl (C=O) groups excluding carboxylic acids is 2. The first-order chi connectivity index (χ1) is 14.5. The van der Waals surface area contributed by atoms with Crippen LogP contribution in [0, 0.1) is 5.92 Å². The minimum Gasteiger partial charge on any atom is -0.396 e. The normalized spacial score (nSPS) is 18.3. The van der Waals surface area contributed by atoms with E-state index >= 15 is 0 Å². The molecule has 8 nitrogen and oxygen atoms in total. The van der Waals surface area contributed by atoms with Crippen molar-refractivity contribution in [3.8, 4) is 0 Å². The summed E-state index contributed by atoms with van der Waals surface area (Å²) in [7, 11) is 0. The second kappa shape index (κ2) is 8.62. The minimum atomic E-state index is -0.150. The number of hydrogen-bond acceptors (Lipinski definition) is 5. The van der Waals surface area contributed by atoms with Gasteiger partial charge in [-0.1, -0.05) is 19.1 Å². The lowest BCUT2D eigenvalue weighted by molar-refractivity contribution is -0.132. The summed E-state index contributed by atoms with van der Waals surface area (Å²) in [6.45, 7) is 3.55. The number of anilines is 1. The number of carbonyl (C=O) groups is 2. The third kappa shape index (κ3) is 4.18. The molecular formula is C22H25N5O3. The van der Waals surface area contributed by atoms with E-state index in [1.165, 1.54) is 5.01 Å². The molecule has 0 saturated heterocycles. The summed E-state index contributed by atoms with van der Waals surface area (Å²) in [6.07, 6.45) is 4.44. The number of nitrogens with zero attached hydrogens (tertiary/aromatic N) is 4. The van der Waals surface area contributed by atoms with Crippen LogP contribution in [-0.4, -0.2) is 50.8 Å². The van der Waals surface area contributed by atoms with Crippen molar-refractivity contribution >= 4 is 23.3 Å². The van der Waals surface area contributed by atoms with Gasteiger partial charge in [0, 0.05) is 56.7 Å². The Labute approximate surface area is 175 Å². The number of pyridine rings is 1. The van der Waals surface area contributed by atoms with E-state index in [0.717, 1.165) is 22.4 Å². The maximum Gasteiger partial charge on any atom is 0.322 e. The molecule has 2 aromatic rings. The van der Waals surface area contributed by atoms with Gasteiger partial charge < -0.3 is 15.3 Å². The molecule has 1 aromatic heterocycles. The zero-order chi connectivity index (χ0) is 21.1. The third-order valence-electron chi connectivity index (χ3n) is 5.44. The molecule has 1 atom stereocenters. The van der Waals surface area contributed by atoms with Crippen molar-refractivity contribution in [3.05, 3.63) is 59.4 Å². The molecule has 2 N–H and O–H groups in total. The van der Waals surface area contributed by atoms with E-state index in [1.807, 2.05) is 37.3 Å². The molecule has 156 valence electrons. The summed E-state index contributed by atoms with van der Waals surface area (Å²) >= 11 is 0. The molecule has 0 fully saturated rings. The van der Waals surface area contributed by atoms with Gasteiger partial charge in [-0.2, -0.15) is 5.10 Å². The van der Waals surface area contributed by atoms with Crippen molar-refractivity contribution in [1.82, 2.24) is 14.9 Å². The average Bonchev–Trinajstić information content (AvgIpc) is 3.18. The van der Waals surface area contributed by atoms with Crippen molar-refractivity contribution in [2.75, 3.05) is 18.5 Å². The standard InChI is InChI=1S/C22H25N5O3/c1-15-11-20(29)27(9-2-10-28)25-21(15)16-3-5-19(6-4-16)24-22(30)26-13-17-7-8-23-12-18(17)14-26/h3-8,12,15,28H,2,9-11,13-14H2,1H3,(H,24,30). The van der Waals surface area contributed by atoms with Gasteiger partial charge in [-0.15, -0.1) is 0 Å². The molecule has 3 heterocycles. The molecule has 0 radical (unpaired) electrons. The maximum absolute atomic E-state index is 12.6. The summed E-state index contributed by atoms with van der Waals surface area (Å²) in [5.41, 5.74) is 4.66. The van der Waals surface area contributed by atoms with Gasteiger partial charge in [0.25, 0.3) is 0 Å². The summed E-state index contributed by atoms with van der Waals surface area (Å²) < 4.78 is 0. The average molecular weight is 407 g/mol. The monoisotopic (exact) mass is 407 g/mol. The van der Waals surface area contributed by atoms with Crippen LogP contribution in [-0.2, 0) is 17.9 Å². The van der Waals surface area contributed by atoms with E-state index in [-0.39, 0.29) is 24.5 Å². The fourth-order valence-corrected chi connectivity index (χ4v) is 3.78. The maximum atomic E-state index is 12.6. The van der Waals surface area contributed by atoms with Gasteiger partial charge in [0.05, 0.1) is 5.71 Å². The Morgan fingerprint density at radius 3 is 2.70 bits per heavy atom. The molecule has 2 aliphatic heterocycles. The summed E-state index contributed by atoms with van der Waals surface area (Å²) in [4.78, 5) is 30.6. The molecule has 8 heteroatoms. The second-order valence-electron chi connectivity index (χ2n) is 7.69. The number of benzene rings is 1. The second-order valence-corrected chi connectivity index (χ2v) is 7.69. The first-order valence-electron chi connectivity index (χ1n) is 10.1. The largest absolute Gasteiger partial charge is 0.396 e. The topological polar surface area (TPSA) is 98.1 Å². The summed E-state index contributed by atoms with van der Waals surface area (Å²) in [6, 6.07) is 9.31. The van der Waals surface area contributed by atoms with Gasteiger partial charge in [0.15, 0.2) is 0 Å². The molecule has 1 aromatic carbocycles. The van der Waals surface area contributed by atoms with Crippen molar-refractivity contribution in [1.29, 1.82) is 0 Å². The van der Waals surface area contributed by atoms with Gasteiger partial charge in [0.2, 0.25) is 5.91 Å². The molecule has 4 rings (SSSR count). The van der Waals surface area contributed by atoms with E-state index in [0.29, 0.717) is 38.2 Å². The third-order valence-corrected chi connectivity index (χ3v) is 5.44. The summed E-state index contributed by atoms with van der Waals surface area (Å²) in [5.74, 6) is -0.00887. The molecule has 2 aliphatic rings. The zero-order valence-electron chi connectivity index (χ0n) is 16.9. The lowest BCUT2D eigenvalue weighted by atomic mass is 9.93. The molecule has 0 aliphatic carbocycles. The molecule has 30 heavy (non-hydrogen) atoms. The molecule has 1 unspecified atom stereocenters. The van der Waals surface area contributed by atoms with Gasteiger partial charge in [-0.05, 0) is 41.3 Å². The van der Waals surface area contributed by atoms with Crippen LogP contribution < -0.4 is 5.32 Å². The Balaban J connectivity index is 1.42. The first kappa shape index (κ1) is 20.0. The van der Waals surface area contributed by atoms with E-state index in [2.05, 4.69) is 15.4 Å². The van der Waals surface area contributed by atoms with E-state index in [1.54, 1.807) is 17.3 Å². The number of hydrogen-bond donors (Lipinski definition) is 2. The Morgan fingerprint density at radius 1 is 1.20 bits per heavy atom. The van der Waals surface area contributed by atoms with Crippen LogP contribution >= 0.6 is 0 Å². The predicted octanol–water partition coefficient (Wildman–Crippen LogP) is 2.58. The highest BCUT2D eigenvalue weighted by Crippen LogP contribution is 2.24. The van der Waals surface area contributed by atoms with Crippen molar-refractivity contribution in [3.63, 3.8) is 0 Å². The number of hydrazone groups is 1. The first-order valence-corrected chi connectivity index (χ1v) is 10.1. The fraction of sp³-hybridized carbons (Fsp3) is 0.364. The van der Waals surface area contributed by atoms with Gasteiger partial charge >= 0.3 is 6.03 Å². The molecule has 0 spiro atoms. The highest BCUT2D eigenvalue weighted by Gasteiger charge is 2.27. The highest BCUT2D eigenvalue weighted by atomic mass is 16.3. The number of amides is 3. The number of rotatable bonds is 5. The van der Waals surface area contributed by atoms with E-state index < -0.39 is 0 Å². The molecule has 3 amide bonds. The smallest absolute Gasteiger partial charge is 0.322 e. The minimum absolute atomic E-state index is 0.0139. The number of aliphatic hydroxyl groups excluding tert-OH is 1. The Bertz CT molecular complexity index is 948. The predicted molar refractivity (Wildman–Crippen MR) is 113 cm³/mol. The van der Waals surface area contributed by atoms with Crippen LogP contribution in [0.4, 0.5) is 10.5 Å². The van der Waals surface area contributed by atoms with Crippen molar-refractivity contribution in [2.45, 2.75) is 32.9 Å². The number of aliphatic hydroxyl groups is 1. The van der Waals surface area contributed by atoms with Crippen molar-refractivity contribution in [2.24, 2.45) is 11.0 Å². The number of nitrogens with one attached hydrogen (secondary N) is 1. The van der Waals surface area contributed by atoms with E-state index in [4.69, 9.17) is 5.11 Å². The van der Waals surface area contributed by atoms with Gasteiger partial charge in [-0.25, -0.2) is 9.80 Å². The lowest BCUT2D eigenvalue weighted by Gasteiger charge is -2.27. The Hall–Kier alpha value is -3.26. The van der Waals surface area contributed by atoms with Crippen LogP contribution in [0.3, 0.4) is 0 Å². The Morgan fingerprint density at radius 2 is 1.97 bits per heavy atom. The number of urea groups is 1. The molecular weight excluding hydrogens is 382 g/mol. The van der Waals surface area contributed by atoms with Gasteiger partial charge in [0.1, 0.15) is 0 Å². The van der Waals surface area contributed by atoms with Crippen LogP contribution in [0.5, 0.6) is 0 Å². The zero-order valence-corrected chi connectivity index (χ0v) is 16.9. The van der Waals surface area contributed by atoms with Crippen LogP contribution in [0.1, 0.15) is 36.5 Å². The van der Waals surface area contributed by atoms with Crippen molar-refractivity contribution < 1.29 is 14.7 Å².